The van der Waals surface area contributed by atoms with Crippen molar-refractivity contribution in [2.45, 2.75) is 32.9 Å². The van der Waals surface area contributed by atoms with Crippen LogP contribution in [0.4, 0.5) is 0 Å². The summed E-state index contributed by atoms with van der Waals surface area (Å²) in [7, 11) is 0. The standard InChI is InChI=1S/C15H18N2O4/c1-9(16-10(2)18)14(19)17-7-6-12-11(8-17)4-3-5-13(12)15(20)21/h3-5,9H,6-8H2,1-2H3,(H,16,18)(H,20,21). The zero-order valence-electron chi connectivity index (χ0n) is 12.0. The second-order valence-electron chi connectivity index (χ2n) is 5.18. The molecule has 1 aliphatic heterocycles. The van der Waals surface area contributed by atoms with Crippen molar-refractivity contribution in [3.05, 3.63) is 34.9 Å². The Morgan fingerprint density at radius 2 is 2.05 bits per heavy atom. The second kappa shape index (κ2) is 5.95. The van der Waals surface area contributed by atoms with Crippen molar-refractivity contribution >= 4 is 17.8 Å². The van der Waals surface area contributed by atoms with Crippen LogP contribution in [-0.4, -0.2) is 40.4 Å². The van der Waals surface area contributed by atoms with E-state index in [1.165, 1.54) is 6.92 Å². The van der Waals surface area contributed by atoms with E-state index in [0.717, 1.165) is 11.1 Å². The highest BCUT2D eigenvalue weighted by Gasteiger charge is 2.27. The molecule has 1 aromatic carbocycles. The van der Waals surface area contributed by atoms with Gasteiger partial charge in [0.05, 0.1) is 5.56 Å². The van der Waals surface area contributed by atoms with Crippen LogP contribution in [0.25, 0.3) is 0 Å². The Balaban J connectivity index is 2.16. The summed E-state index contributed by atoms with van der Waals surface area (Å²) in [6.07, 6.45) is 0.510. The van der Waals surface area contributed by atoms with E-state index in [4.69, 9.17) is 0 Å². The minimum Gasteiger partial charge on any atom is -0.478 e. The molecule has 0 radical (unpaired) electrons. The molecule has 1 aromatic rings. The number of hydrogen-bond acceptors (Lipinski definition) is 3. The molecule has 6 heteroatoms. The summed E-state index contributed by atoms with van der Waals surface area (Å²) >= 11 is 0. The number of carbonyl (C=O) groups excluding carboxylic acids is 2. The number of nitrogens with one attached hydrogen (secondary N) is 1. The Bertz CT molecular complexity index is 597. The van der Waals surface area contributed by atoms with Crippen LogP contribution in [0.15, 0.2) is 18.2 Å². The second-order valence-corrected chi connectivity index (χ2v) is 5.18. The number of amides is 2. The zero-order chi connectivity index (χ0) is 15.6. The lowest BCUT2D eigenvalue weighted by atomic mass is 9.94. The lowest BCUT2D eigenvalue weighted by Crippen LogP contribution is -2.48. The number of fused-ring (bicyclic) bond motifs is 1. The van der Waals surface area contributed by atoms with E-state index in [0.29, 0.717) is 25.1 Å². The number of carboxylic acids is 1. The van der Waals surface area contributed by atoms with Crippen molar-refractivity contribution < 1.29 is 19.5 Å². The third kappa shape index (κ3) is 3.21. The highest BCUT2D eigenvalue weighted by Crippen LogP contribution is 2.23. The average Bonchev–Trinajstić information content (AvgIpc) is 2.44. The Morgan fingerprint density at radius 1 is 1.33 bits per heavy atom. The van der Waals surface area contributed by atoms with E-state index in [2.05, 4.69) is 5.32 Å². The summed E-state index contributed by atoms with van der Waals surface area (Å²) in [5, 5.41) is 11.7. The van der Waals surface area contributed by atoms with Gasteiger partial charge < -0.3 is 15.3 Å². The minimum atomic E-state index is -0.946. The molecular weight excluding hydrogens is 272 g/mol. The topological polar surface area (TPSA) is 86.7 Å². The number of rotatable bonds is 3. The lowest BCUT2D eigenvalue weighted by Gasteiger charge is -2.31. The molecule has 112 valence electrons. The predicted octanol–water partition coefficient (Wildman–Crippen LogP) is 0.794. The Morgan fingerprint density at radius 3 is 2.67 bits per heavy atom. The maximum absolute atomic E-state index is 12.3. The first kappa shape index (κ1) is 15.0. The van der Waals surface area contributed by atoms with E-state index in [1.807, 2.05) is 6.07 Å². The van der Waals surface area contributed by atoms with Gasteiger partial charge in [0.1, 0.15) is 6.04 Å². The third-order valence-corrected chi connectivity index (χ3v) is 3.60. The minimum absolute atomic E-state index is 0.156. The molecule has 2 rings (SSSR count). The molecular formula is C15H18N2O4. The first-order chi connectivity index (χ1) is 9.90. The van der Waals surface area contributed by atoms with E-state index in [-0.39, 0.29) is 11.8 Å². The van der Waals surface area contributed by atoms with Crippen molar-refractivity contribution in [3.63, 3.8) is 0 Å². The number of carbonyl (C=O) groups is 3. The van der Waals surface area contributed by atoms with Crippen LogP contribution in [0, 0.1) is 0 Å². The van der Waals surface area contributed by atoms with Gasteiger partial charge >= 0.3 is 5.97 Å². The highest BCUT2D eigenvalue weighted by molar-refractivity contribution is 5.90. The van der Waals surface area contributed by atoms with Gasteiger partial charge in [-0.3, -0.25) is 9.59 Å². The Labute approximate surface area is 122 Å². The molecule has 0 saturated carbocycles. The van der Waals surface area contributed by atoms with Crippen LogP contribution >= 0.6 is 0 Å². The number of hydrogen-bond donors (Lipinski definition) is 2. The van der Waals surface area contributed by atoms with Gasteiger partial charge in [-0.05, 0) is 30.5 Å². The van der Waals surface area contributed by atoms with Crippen LogP contribution in [0.1, 0.15) is 35.3 Å². The molecule has 0 spiro atoms. The number of aromatic carboxylic acids is 1. The first-order valence-corrected chi connectivity index (χ1v) is 6.80. The van der Waals surface area contributed by atoms with Gasteiger partial charge in [-0.15, -0.1) is 0 Å². The van der Waals surface area contributed by atoms with Crippen LogP contribution in [-0.2, 0) is 22.6 Å². The number of benzene rings is 1. The molecule has 1 atom stereocenters. The van der Waals surface area contributed by atoms with Crippen molar-refractivity contribution in [2.24, 2.45) is 0 Å². The van der Waals surface area contributed by atoms with Gasteiger partial charge in [0.2, 0.25) is 11.8 Å². The molecule has 1 aliphatic rings. The molecule has 21 heavy (non-hydrogen) atoms. The van der Waals surface area contributed by atoms with Crippen LogP contribution < -0.4 is 5.32 Å². The summed E-state index contributed by atoms with van der Waals surface area (Å²) in [6.45, 7) is 3.85. The summed E-state index contributed by atoms with van der Waals surface area (Å²) in [5.41, 5.74) is 1.94. The largest absolute Gasteiger partial charge is 0.478 e. The molecule has 0 aromatic heterocycles. The van der Waals surface area contributed by atoms with E-state index < -0.39 is 12.0 Å². The smallest absolute Gasteiger partial charge is 0.335 e. The van der Waals surface area contributed by atoms with Crippen molar-refractivity contribution in [2.75, 3.05) is 6.54 Å². The van der Waals surface area contributed by atoms with Gasteiger partial charge in [-0.25, -0.2) is 4.79 Å². The Kier molecular flexibility index (Phi) is 4.26. The van der Waals surface area contributed by atoms with Gasteiger partial charge in [0.15, 0.2) is 0 Å². The predicted molar refractivity (Wildman–Crippen MR) is 75.8 cm³/mol. The van der Waals surface area contributed by atoms with Gasteiger partial charge in [-0.2, -0.15) is 0 Å². The first-order valence-electron chi connectivity index (χ1n) is 6.80. The zero-order valence-corrected chi connectivity index (χ0v) is 12.0. The van der Waals surface area contributed by atoms with E-state index in [1.54, 1.807) is 24.0 Å². The molecule has 0 fully saturated rings. The van der Waals surface area contributed by atoms with Crippen LogP contribution in [0.2, 0.25) is 0 Å². The maximum atomic E-state index is 12.3. The summed E-state index contributed by atoms with van der Waals surface area (Å²) in [6, 6.07) is 4.53. The highest BCUT2D eigenvalue weighted by atomic mass is 16.4. The van der Waals surface area contributed by atoms with Crippen LogP contribution in [0.3, 0.4) is 0 Å². The normalized spacial score (nSPS) is 15.0. The SMILES string of the molecule is CC(=O)NC(C)C(=O)N1CCc2c(cccc2C(=O)O)C1. The number of carboxylic acid groups (broad SMARTS) is 1. The van der Waals surface area contributed by atoms with Gasteiger partial charge in [-0.1, -0.05) is 12.1 Å². The van der Waals surface area contributed by atoms with E-state index >= 15 is 0 Å². The fourth-order valence-corrected chi connectivity index (χ4v) is 2.64. The molecule has 2 N–H and O–H groups in total. The number of nitrogens with zero attached hydrogens (tertiary/aromatic N) is 1. The molecule has 2 amide bonds. The summed E-state index contributed by atoms with van der Waals surface area (Å²) in [5.74, 6) is -1.35. The monoisotopic (exact) mass is 290 g/mol. The van der Waals surface area contributed by atoms with Crippen LogP contribution in [0.5, 0.6) is 0 Å². The van der Waals surface area contributed by atoms with Crippen molar-refractivity contribution in [1.82, 2.24) is 10.2 Å². The molecule has 1 heterocycles. The van der Waals surface area contributed by atoms with Gasteiger partial charge in [0, 0.05) is 20.0 Å². The summed E-state index contributed by atoms with van der Waals surface area (Å²) < 4.78 is 0. The van der Waals surface area contributed by atoms with E-state index in [9.17, 15) is 19.5 Å². The third-order valence-electron chi connectivity index (χ3n) is 3.60. The fourth-order valence-electron chi connectivity index (χ4n) is 2.64. The quantitative estimate of drug-likeness (QED) is 0.862. The van der Waals surface area contributed by atoms with Crippen molar-refractivity contribution in [1.29, 1.82) is 0 Å². The molecule has 0 saturated heterocycles. The lowest BCUT2D eigenvalue weighted by molar-refractivity contribution is -0.136. The Hall–Kier alpha value is -2.37. The molecule has 0 bridgehead atoms. The summed E-state index contributed by atoms with van der Waals surface area (Å²) in [4.78, 5) is 36.1. The molecule has 6 nitrogen and oxygen atoms in total. The average molecular weight is 290 g/mol. The fraction of sp³-hybridized carbons (Fsp3) is 0.400. The van der Waals surface area contributed by atoms with Crippen molar-refractivity contribution in [3.8, 4) is 0 Å². The van der Waals surface area contributed by atoms with Gasteiger partial charge in [0.25, 0.3) is 0 Å². The molecule has 1 unspecified atom stereocenters. The maximum Gasteiger partial charge on any atom is 0.335 e. The molecule has 0 aliphatic carbocycles.